The van der Waals surface area contributed by atoms with Gasteiger partial charge in [0.05, 0.1) is 19.8 Å². The zero-order chi connectivity index (χ0) is 17.1. The zero-order valence-corrected chi connectivity index (χ0v) is 14.6. The first-order valence-electron chi connectivity index (χ1n) is 9.15. The summed E-state index contributed by atoms with van der Waals surface area (Å²) in [6, 6.07) is 8.62. The molecule has 6 heteroatoms. The van der Waals surface area contributed by atoms with Crippen molar-refractivity contribution in [1.29, 1.82) is 0 Å². The highest BCUT2D eigenvalue weighted by atomic mass is 16.5. The number of aliphatic hydroxyl groups excluding tert-OH is 1. The summed E-state index contributed by atoms with van der Waals surface area (Å²) in [5, 5.41) is 11.6. The van der Waals surface area contributed by atoms with Crippen molar-refractivity contribution in [2.75, 3.05) is 75.4 Å². The second-order valence-electron chi connectivity index (χ2n) is 6.66. The van der Waals surface area contributed by atoms with Crippen LogP contribution in [0.4, 0.5) is 11.5 Å². The lowest BCUT2D eigenvalue weighted by atomic mass is 10.1. The van der Waals surface area contributed by atoms with Crippen molar-refractivity contribution in [2.45, 2.75) is 0 Å². The third kappa shape index (κ3) is 3.42. The van der Waals surface area contributed by atoms with E-state index in [1.54, 1.807) is 0 Å². The fourth-order valence-corrected chi connectivity index (χ4v) is 3.82. The van der Waals surface area contributed by atoms with Crippen LogP contribution in [-0.2, 0) is 4.74 Å². The van der Waals surface area contributed by atoms with E-state index >= 15 is 0 Å². The minimum atomic E-state index is 0.230. The smallest absolute Gasteiger partial charge is 0.138 e. The molecule has 1 aromatic carbocycles. The van der Waals surface area contributed by atoms with Crippen LogP contribution >= 0.6 is 0 Å². The number of rotatable bonds is 4. The number of aliphatic hydroxyl groups is 1. The highest BCUT2D eigenvalue weighted by Crippen LogP contribution is 2.34. The number of anilines is 2. The van der Waals surface area contributed by atoms with Gasteiger partial charge in [0.2, 0.25) is 0 Å². The highest BCUT2D eigenvalue weighted by Gasteiger charge is 2.22. The predicted molar refractivity (Wildman–Crippen MR) is 101 cm³/mol. The maximum absolute atomic E-state index is 9.14. The fourth-order valence-electron chi connectivity index (χ4n) is 3.82. The molecule has 2 fully saturated rings. The lowest BCUT2D eigenvalue weighted by Crippen LogP contribution is -2.47. The molecule has 1 aromatic heterocycles. The van der Waals surface area contributed by atoms with Gasteiger partial charge in [0.1, 0.15) is 5.82 Å². The predicted octanol–water partition coefficient (Wildman–Crippen LogP) is 1.19. The number of hydrogen-bond donors (Lipinski definition) is 1. The van der Waals surface area contributed by atoms with Gasteiger partial charge in [-0.15, -0.1) is 0 Å². The van der Waals surface area contributed by atoms with E-state index in [4.69, 9.17) is 14.8 Å². The Labute approximate surface area is 148 Å². The van der Waals surface area contributed by atoms with Crippen LogP contribution in [0.3, 0.4) is 0 Å². The second-order valence-corrected chi connectivity index (χ2v) is 6.66. The number of aromatic nitrogens is 1. The fraction of sp³-hybridized carbons (Fsp3) is 0.526. The summed E-state index contributed by atoms with van der Waals surface area (Å²) in [7, 11) is 0. The normalized spacial score (nSPS) is 19.6. The van der Waals surface area contributed by atoms with Crippen LogP contribution in [0.5, 0.6) is 0 Å². The molecule has 0 amide bonds. The summed E-state index contributed by atoms with van der Waals surface area (Å²) >= 11 is 0. The monoisotopic (exact) mass is 342 g/mol. The zero-order valence-electron chi connectivity index (χ0n) is 14.6. The average molecular weight is 342 g/mol. The van der Waals surface area contributed by atoms with Crippen LogP contribution < -0.4 is 9.80 Å². The molecule has 4 rings (SSSR count). The number of pyridine rings is 1. The van der Waals surface area contributed by atoms with Gasteiger partial charge in [-0.1, -0.05) is 12.1 Å². The van der Waals surface area contributed by atoms with Gasteiger partial charge in [-0.25, -0.2) is 4.98 Å². The molecule has 25 heavy (non-hydrogen) atoms. The molecule has 0 atom stereocenters. The molecule has 3 heterocycles. The number of ether oxygens (including phenoxy) is 1. The molecule has 6 nitrogen and oxygen atoms in total. The van der Waals surface area contributed by atoms with Crippen molar-refractivity contribution >= 4 is 22.3 Å². The summed E-state index contributed by atoms with van der Waals surface area (Å²) < 4.78 is 5.52. The molecule has 2 aliphatic rings. The summed E-state index contributed by atoms with van der Waals surface area (Å²) in [6.07, 6.45) is 1.92. The van der Waals surface area contributed by atoms with Crippen molar-refractivity contribution in [2.24, 2.45) is 0 Å². The van der Waals surface area contributed by atoms with E-state index in [1.165, 1.54) is 16.5 Å². The number of morpholine rings is 1. The molecule has 2 aliphatic heterocycles. The topological polar surface area (TPSA) is 52.1 Å². The van der Waals surface area contributed by atoms with E-state index in [2.05, 4.69) is 39.0 Å². The number of nitrogens with zero attached hydrogens (tertiary/aromatic N) is 4. The number of piperazine rings is 1. The van der Waals surface area contributed by atoms with E-state index in [0.29, 0.717) is 0 Å². The Morgan fingerprint density at radius 3 is 2.52 bits per heavy atom. The molecule has 0 aliphatic carbocycles. The van der Waals surface area contributed by atoms with E-state index < -0.39 is 0 Å². The van der Waals surface area contributed by atoms with Crippen LogP contribution in [0.1, 0.15) is 0 Å². The SMILES string of the molecule is OCCN1CCN(c2nccc3cccc(N4CCOCC4)c23)CC1. The van der Waals surface area contributed by atoms with Gasteiger partial charge >= 0.3 is 0 Å². The summed E-state index contributed by atoms with van der Waals surface area (Å²) in [4.78, 5) is 11.9. The van der Waals surface area contributed by atoms with E-state index in [0.717, 1.165) is 64.8 Å². The Morgan fingerprint density at radius 2 is 1.76 bits per heavy atom. The Hall–Kier alpha value is -1.89. The van der Waals surface area contributed by atoms with E-state index in [9.17, 15) is 0 Å². The van der Waals surface area contributed by atoms with Gasteiger partial charge in [0, 0.05) is 63.1 Å². The molecule has 1 N–H and O–H groups in total. The summed E-state index contributed by atoms with van der Waals surface area (Å²) in [6.45, 7) is 8.25. The van der Waals surface area contributed by atoms with Crippen molar-refractivity contribution in [3.63, 3.8) is 0 Å². The lowest BCUT2D eigenvalue weighted by molar-refractivity contribution is 0.123. The highest BCUT2D eigenvalue weighted by molar-refractivity contribution is 6.02. The molecule has 2 aromatic rings. The van der Waals surface area contributed by atoms with Crippen LogP contribution in [0, 0.1) is 0 Å². The molecule has 0 bridgehead atoms. The first-order valence-corrected chi connectivity index (χ1v) is 9.15. The van der Waals surface area contributed by atoms with Gasteiger partial charge < -0.3 is 19.6 Å². The van der Waals surface area contributed by atoms with Gasteiger partial charge in [-0.3, -0.25) is 4.90 Å². The number of benzene rings is 1. The Morgan fingerprint density at radius 1 is 0.960 bits per heavy atom. The third-order valence-corrected chi connectivity index (χ3v) is 5.19. The number of fused-ring (bicyclic) bond motifs is 1. The maximum Gasteiger partial charge on any atom is 0.138 e. The summed E-state index contributed by atoms with van der Waals surface area (Å²) in [5.74, 6) is 1.09. The number of β-amino-alcohol motifs (C(OH)–C–C–N with tert-alkyl or cyclic N) is 1. The van der Waals surface area contributed by atoms with E-state index in [-0.39, 0.29) is 6.61 Å². The van der Waals surface area contributed by atoms with Crippen molar-refractivity contribution in [1.82, 2.24) is 9.88 Å². The minimum absolute atomic E-state index is 0.230. The van der Waals surface area contributed by atoms with Crippen LogP contribution in [-0.4, -0.2) is 80.6 Å². The molecular weight excluding hydrogens is 316 g/mol. The van der Waals surface area contributed by atoms with Crippen molar-refractivity contribution in [3.8, 4) is 0 Å². The van der Waals surface area contributed by atoms with Gasteiger partial charge in [-0.2, -0.15) is 0 Å². The minimum Gasteiger partial charge on any atom is -0.395 e. The molecule has 0 unspecified atom stereocenters. The Bertz CT molecular complexity index is 704. The largest absolute Gasteiger partial charge is 0.395 e. The number of hydrogen-bond acceptors (Lipinski definition) is 6. The lowest BCUT2D eigenvalue weighted by Gasteiger charge is -2.36. The first kappa shape index (κ1) is 16.6. The van der Waals surface area contributed by atoms with Gasteiger partial charge in [-0.05, 0) is 17.5 Å². The van der Waals surface area contributed by atoms with Crippen LogP contribution in [0.15, 0.2) is 30.5 Å². The third-order valence-electron chi connectivity index (χ3n) is 5.19. The standard InChI is InChI=1S/C19H26N4O2/c24-13-10-21-6-8-23(9-7-21)19-18-16(4-5-20-19)2-1-3-17(18)22-11-14-25-15-12-22/h1-5,24H,6-15H2. The first-order chi connectivity index (χ1) is 12.4. The van der Waals surface area contributed by atoms with Crippen molar-refractivity contribution in [3.05, 3.63) is 30.5 Å². The van der Waals surface area contributed by atoms with Crippen LogP contribution in [0.2, 0.25) is 0 Å². The molecule has 0 radical (unpaired) electrons. The Kier molecular flexibility index (Phi) is 5.01. The second kappa shape index (κ2) is 7.56. The molecule has 2 saturated heterocycles. The quantitative estimate of drug-likeness (QED) is 0.901. The summed E-state index contributed by atoms with van der Waals surface area (Å²) in [5.41, 5.74) is 1.27. The van der Waals surface area contributed by atoms with Gasteiger partial charge in [0.15, 0.2) is 0 Å². The maximum atomic E-state index is 9.14. The van der Waals surface area contributed by atoms with Crippen molar-refractivity contribution < 1.29 is 9.84 Å². The van der Waals surface area contributed by atoms with Gasteiger partial charge in [0.25, 0.3) is 0 Å². The molecule has 134 valence electrons. The van der Waals surface area contributed by atoms with Crippen LogP contribution in [0.25, 0.3) is 10.8 Å². The molecule has 0 spiro atoms. The molecular formula is C19H26N4O2. The van der Waals surface area contributed by atoms with E-state index in [1.807, 2.05) is 6.20 Å². The molecule has 0 saturated carbocycles. The Balaban J connectivity index is 1.67. The average Bonchev–Trinajstić information content (AvgIpc) is 2.69.